The molecule has 6 heteroatoms. The number of para-hydroxylation sites is 2. The van der Waals surface area contributed by atoms with Gasteiger partial charge in [-0.2, -0.15) is 0 Å². The molecule has 1 saturated carbocycles. The number of amides is 1. The van der Waals surface area contributed by atoms with Crippen molar-refractivity contribution in [2.24, 2.45) is 5.92 Å². The van der Waals surface area contributed by atoms with E-state index in [1.807, 2.05) is 24.3 Å². The first-order chi connectivity index (χ1) is 11.1. The Morgan fingerprint density at radius 1 is 1.21 bits per heavy atom. The van der Waals surface area contributed by atoms with Gasteiger partial charge >= 0.3 is 6.09 Å². The molecule has 0 unspecified atom stereocenters. The molecule has 1 aromatic rings. The molecule has 0 aromatic heterocycles. The minimum atomic E-state index is -0.398. The number of rotatable bonds is 5. The van der Waals surface area contributed by atoms with E-state index in [0.29, 0.717) is 17.4 Å². The van der Waals surface area contributed by atoms with Gasteiger partial charge in [0.1, 0.15) is 11.9 Å². The van der Waals surface area contributed by atoms with E-state index in [0.717, 1.165) is 25.8 Å². The third kappa shape index (κ3) is 6.21. The van der Waals surface area contributed by atoms with Crippen LogP contribution in [0.25, 0.3) is 0 Å². The van der Waals surface area contributed by atoms with Crippen LogP contribution in [-0.2, 0) is 4.74 Å². The molecule has 1 amide bonds. The topological polar surface area (TPSA) is 50.8 Å². The molecule has 0 saturated heterocycles. The summed E-state index contributed by atoms with van der Waals surface area (Å²) >= 11 is 0. The van der Waals surface area contributed by atoms with E-state index in [4.69, 9.17) is 9.47 Å². The summed E-state index contributed by atoms with van der Waals surface area (Å²) in [5, 5.41) is 2.80. The average Bonchev–Trinajstić information content (AvgIpc) is 2.73. The highest BCUT2D eigenvalue weighted by Gasteiger charge is 2.27. The second-order valence-corrected chi connectivity index (χ2v) is 6.43. The van der Waals surface area contributed by atoms with E-state index < -0.39 is 6.09 Å². The Hall–Kier alpha value is -1.46. The smallest absolute Gasteiger partial charge is 0.412 e. The minimum Gasteiger partial charge on any atom is -0.495 e. The molecule has 0 heterocycles. The van der Waals surface area contributed by atoms with Crippen LogP contribution in [0, 0.1) is 5.92 Å². The summed E-state index contributed by atoms with van der Waals surface area (Å²) in [6.07, 6.45) is 5.20. The molecule has 0 aliphatic heterocycles. The van der Waals surface area contributed by atoms with Crippen molar-refractivity contribution < 1.29 is 14.3 Å². The number of carbonyl (C=O) groups is 1. The molecule has 0 spiro atoms. The van der Waals surface area contributed by atoms with Gasteiger partial charge in [0.15, 0.2) is 0 Å². The summed E-state index contributed by atoms with van der Waals surface area (Å²) in [7, 11) is 5.72. The lowest BCUT2D eigenvalue weighted by Gasteiger charge is -2.27. The fourth-order valence-corrected chi connectivity index (χ4v) is 3.21. The van der Waals surface area contributed by atoms with E-state index >= 15 is 0 Å². The fraction of sp³-hybridized carbons (Fsp3) is 0.611. The molecule has 2 atom stereocenters. The first-order valence-electron chi connectivity index (χ1n) is 8.35. The average molecular weight is 357 g/mol. The highest BCUT2D eigenvalue weighted by Crippen LogP contribution is 2.28. The minimum absolute atomic E-state index is 0. The molecular weight excluding hydrogens is 328 g/mol. The Morgan fingerprint density at radius 3 is 2.62 bits per heavy atom. The second kappa shape index (κ2) is 10.4. The van der Waals surface area contributed by atoms with E-state index in [9.17, 15) is 4.79 Å². The normalized spacial score (nSPS) is 20.7. The lowest BCUT2D eigenvalue weighted by atomic mass is 9.97. The Kier molecular flexibility index (Phi) is 8.93. The van der Waals surface area contributed by atoms with Crippen LogP contribution in [0.5, 0.6) is 5.75 Å². The predicted octanol–water partition coefficient (Wildman–Crippen LogP) is 4.18. The molecular formula is C18H29ClN2O3. The van der Waals surface area contributed by atoms with Crippen molar-refractivity contribution in [1.29, 1.82) is 0 Å². The van der Waals surface area contributed by atoms with Crippen molar-refractivity contribution >= 4 is 24.2 Å². The van der Waals surface area contributed by atoms with Crippen LogP contribution < -0.4 is 10.1 Å². The molecule has 1 aliphatic carbocycles. The number of benzene rings is 1. The number of ether oxygens (including phenoxy) is 2. The van der Waals surface area contributed by atoms with E-state index in [-0.39, 0.29) is 18.5 Å². The zero-order chi connectivity index (χ0) is 16.7. The molecule has 1 fully saturated rings. The molecule has 1 aromatic carbocycles. The number of carbonyl (C=O) groups excluding carboxylic acids is 1. The highest BCUT2D eigenvalue weighted by atomic mass is 35.5. The zero-order valence-electron chi connectivity index (χ0n) is 14.8. The van der Waals surface area contributed by atoms with Crippen LogP contribution in [0.15, 0.2) is 24.3 Å². The predicted molar refractivity (Wildman–Crippen MR) is 99.3 cm³/mol. The van der Waals surface area contributed by atoms with Gasteiger partial charge in [-0.1, -0.05) is 25.0 Å². The van der Waals surface area contributed by atoms with Crippen LogP contribution in [0.4, 0.5) is 10.5 Å². The number of methoxy groups -OCH3 is 1. The lowest BCUT2D eigenvalue weighted by Crippen LogP contribution is -2.34. The molecule has 1 N–H and O–H groups in total. The third-order valence-electron chi connectivity index (χ3n) is 4.29. The van der Waals surface area contributed by atoms with Gasteiger partial charge in [-0.25, -0.2) is 4.79 Å². The molecule has 1 aliphatic rings. The van der Waals surface area contributed by atoms with Crippen molar-refractivity contribution in [3.8, 4) is 5.75 Å². The highest BCUT2D eigenvalue weighted by molar-refractivity contribution is 5.86. The van der Waals surface area contributed by atoms with Crippen molar-refractivity contribution in [2.75, 3.05) is 33.1 Å². The first kappa shape index (κ1) is 20.6. The Morgan fingerprint density at radius 2 is 1.92 bits per heavy atom. The van der Waals surface area contributed by atoms with Crippen LogP contribution in [0.1, 0.15) is 32.1 Å². The summed E-state index contributed by atoms with van der Waals surface area (Å²) in [5.74, 6) is 1.03. The summed E-state index contributed by atoms with van der Waals surface area (Å²) in [6, 6.07) is 7.35. The quantitative estimate of drug-likeness (QED) is 0.804. The number of hydrogen-bond acceptors (Lipinski definition) is 4. The van der Waals surface area contributed by atoms with E-state index in [2.05, 4.69) is 24.3 Å². The van der Waals surface area contributed by atoms with Gasteiger partial charge < -0.3 is 14.4 Å². The second-order valence-electron chi connectivity index (χ2n) is 6.43. The summed E-state index contributed by atoms with van der Waals surface area (Å²) in [5.41, 5.74) is 0.637. The third-order valence-corrected chi connectivity index (χ3v) is 4.29. The molecule has 2 rings (SSSR count). The largest absolute Gasteiger partial charge is 0.495 e. The molecule has 24 heavy (non-hydrogen) atoms. The number of hydrogen-bond donors (Lipinski definition) is 1. The summed E-state index contributed by atoms with van der Waals surface area (Å²) in [6.45, 7) is 0.951. The van der Waals surface area contributed by atoms with Crippen molar-refractivity contribution in [3.63, 3.8) is 0 Å². The molecule has 136 valence electrons. The fourth-order valence-electron chi connectivity index (χ4n) is 3.21. The number of nitrogens with zero attached hydrogens (tertiary/aromatic N) is 1. The summed E-state index contributed by atoms with van der Waals surface area (Å²) < 4.78 is 11.0. The number of halogens is 1. The van der Waals surface area contributed by atoms with Crippen LogP contribution >= 0.6 is 12.4 Å². The Balaban J connectivity index is 0.00000288. The van der Waals surface area contributed by atoms with Crippen molar-refractivity contribution in [2.45, 2.75) is 38.2 Å². The van der Waals surface area contributed by atoms with E-state index in [1.54, 1.807) is 7.11 Å². The molecule has 0 radical (unpaired) electrons. The summed E-state index contributed by atoms with van der Waals surface area (Å²) in [4.78, 5) is 14.5. The van der Waals surface area contributed by atoms with Gasteiger partial charge in [-0.05, 0) is 45.5 Å². The molecule has 0 bridgehead atoms. The van der Waals surface area contributed by atoms with Gasteiger partial charge in [0.2, 0.25) is 0 Å². The Labute approximate surface area is 151 Å². The van der Waals surface area contributed by atoms with E-state index in [1.165, 1.54) is 12.8 Å². The van der Waals surface area contributed by atoms with Gasteiger partial charge in [-0.15, -0.1) is 12.4 Å². The van der Waals surface area contributed by atoms with Gasteiger partial charge in [0, 0.05) is 12.5 Å². The maximum Gasteiger partial charge on any atom is 0.412 e. The number of nitrogens with one attached hydrogen (secondary N) is 1. The van der Waals surface area contributed by atoms with Gasteiger partial charge in [-0.3, -0.25) is 5.32 Å². The van der Waals surface area contributed by atoms with Crippen molar-refractivity contribution in [1.82, 2.24) is 4.90 Å². The molecule has 5 nitrogen and oxygen atoms in total. The number of anilines is 1. The Bertz CT molecular complexity index is 511. The van der Waals surface area contributed by atoms with Crippen molar-refractivity contribution in [3.05, 3.63) is 24.3 Å². The van der Waals surface area contributed by atoms with Crippen LogP contribution in [-0.4, -0.2) is 44.8 Å². The first-order valence-corrected chi connectivity index (χ1v) is 8.35. The zero-order valence-corrected chi connectivity index (χ0v) is 15.6. The standard InChI is InChI=1S/C18H28N2O3.ClH/c1-20(2)13-14-9-5-4-6-11-16(14)23-18(21)19-15-10-7-8-12-17(15)22-3;/h7-8,10,12,14,16H,4-6,9,11,13H2,1-3H3,(H,19,21);1H/t14-,16-;/m1./s1. The maximum atomic E-state index is 12.3. The maximum absolute atomic E-state index is 12.3. The van der Waals surface area contributed by atoms with Gasteiger partial charge in [0.05, 0.1) is 12.8 Å². The lowest BCUT2D eigenvalue weighted by molar-refractivity contribution is 0.0569. The monoisotopic (exact) mass is 356 g/mol. The van der Waals surface area contributed by atoms with Gasteiger partial charge in [0.25, 0.3) is 0 Å². The van der Waals surface area contributed by atoms with Crippen LogP contribution in [0.3, 0.4) is 0 Å². The van der Waals surface area contributed by atoms with Crippen LogP contribution in [0.2, 0.25) is 0 Å². The SMILES string of the molecule is COc1ccccc1NC(=O)O[C@@H]1CCCCC[C@@H]1CN(C)C.Cl.